The quantitative estimate of drug-likeness (QED) is 0.556. The van der Waals surface area contributed by atoms with Crippen molar-refractivity contribution in [2.75, 3.05) is 25.1 Å². The summed E-state index contributed by atoms with van der Waals surface area (Å²) in [6.07, 6.45) is 0. The first-order chi connectivity index (χ1) is 14.0. The highest BCUT2D eigenvalue weighted by atomic mass is 16.5. The van der Waals surface area contributed by atoms with E-state index < -0.39 is 12.0 Å². The second-order valence-corrected chi connectivity index (χ2v) is 5.91. The number of hydrogen-bond acceptors (Lipinski definition) is 5. The van der Waals surface area contributed by atoms with Crippen LogP contribution in [0.2, 0.25) is 0 Å². The molecular formula is C21H26N2O6. The van der Waals surface area contributed by atoms with E-state index in [1.54, 1.807) is 24.3 Å². The van der Waals surface area contributed by atoms with E-state index in [0.29, 0.717) is 42.8 Å². The molecule has 8 heteroatoms. The normalized spacial score (nSPS) is 10.2. The van der Waals surface area contributed by atoms with Gasteiger partial charge in [-0.2, -0.15) is 0 Å². The molecule has 0 aliphatic heterocycles. The largest absolute Gasteiger partial charge is 0.490 e. The Morgan fingerprint density at radius 3 is 1.93 bits per heavy atom. The summed E-state index contributed by atoms with van der Waals surface area (Å²) in [5, 5.41) is 14.4. The molecule has 0 aromatic heterocycles. The minimum atomic E-state index is -0.993. The van der Waals surface area contributed by atoms with Crippen LogP contribution >= 0.6 is 0 Å². The lowest BCUT2D eigenvalue weighted by Crippen LogP contribution is -2.28. The molecule has 0 aliphatic carbocycles. The smallest absolute Gasteiger partial charge is 0.335 e. The van der Waals surface area contributed by atoms with E-state index in [0.717, 1.165) is 5.56 Å². The third kappa shape index (κ3) is 6.31. The van der Waals surface area contributed by atoms with Gasteiger partial charge in [-0.1, -0.05) is 12.1 Å². The van der Waals surface area contributed by atoms with Crippen molar-refractivity contribution < 1.29 is 28.9 Å². The van der Waals surface area contributed by atoms with Crippen molar-refractivity contribution in [1.82, 2.24) is 5.32 Å². The van der Waals surface area contributed by atoms with Gasteiger partial charge < -0.3 is 30.0 Å². The number of urea groups is 1. The van der Waals surface area contributed by atoms with Crippen molar-refractivity contribution in [3.05, 3.63) is 47.5 Å². The zero-order valence-electron chi connectivity index (χ0n) is 16.8. The summed E-state index contributed by atoms with van der Waals surface area (Å²) in [5.41, 5.74) is 1.47. The van der Waals surface area contributed by atoms with Crippen molar-refractivity contribution in [2.24, 2.45) is 0 Å². The van der Waals surface area contributed by atoms with Crippen LogP contribution in [0.25, 0.3) is 0 Å². The Hall–Kier alpha value is -3.42. The number of anilines is 1. The first kappa shape index (κ1) is 21.9. The number of hydrogen-bond donors (Lipinski definition) is 3. The number of aromatic carboxylic acids is 1. The Labute approximate surface area is 169 Å². The van der Waals surface area contributed by atoms with Crippen molar-refractivity contribution in [1.29, 1.82) is 0 Å². The molecule has 29 heavy (non-hydrogen) atoms. The van der Waals surface area contributed by atoms with Crippen molar-refractivity contribution in [3.8, 4) is 17.2 Å². The van der Waals surface area contributed by atoms with Crippen LogP contribution < -0.4 is 24.8 Å². The molecule has 0 radical (unpaired) electrons. The highest BCUT2D eigenvalue weighted by Crippen LogP contribution is 2.40. The number of nitrogens with one attached hydrogen (secondary N) is 2. The molecule has 0 aliphatic rings. The van der Waals surface area contributed by atoms with Crippen molar-refractivity contribution >= 4 is 17.7 Å². The monoisotopic (exact) mass is 402 g/mol. The van der Waals surface area contributed by atoms with Gasteiger partial charge in [0, 0.05) is 18.7 Å². The number of carboxylic acids is 1. The van der Waals surface area contributed by atoms with Gasteiger partial charge in [0.05, 0.1) is 31.1 Å². The fourth-order valence-electron chi connectivity index (χ4n) is 2.58. The molecule has 3 N–H and O–H groups in total. The Kier molecular flexibility index (Phi) is 8.14. The molecule has 0 atom stereocenters. The topological polar surface area (TPSA) is 106 Å². The highest BCUT2D eigenvalue weighted by molar-refractivity contribution is 5.90. The molecule has 2 aromatic rings. The number of benzene rings is 2. The molecule has 2 amide bonds. The van der Waals surface area contributed by atoms with Crippen molar-refractivity contribution in [3.63, 3.8) is 0 Å². The third-order valence-electron chi connectivity index (χ3n) is 3.82. The van der Waals surface area contributed by atoms with Gasteiger partial charge in [0.2, 0.25) is 5.75 Å². The number of carboxylic acid groups (broad SMARTS) is 1. The first-order valence-corrected chi connectivity index (χ1v) is 9.41. The SMILES string of the molecule is CCOc1cc(NC(=O)NCc2ccc(C(=O)O)cc2)cc(OCC)c1OCC. The minimum absolute atomic E-state index is 0.194. The van der Waals surface area contributed by atoms with Crippen molar-refractivity contribution in [2.45, 2.75) is 27.3 Å². The lowest BCUT2D eigenvalue weighted by atomic mass is 10.1. The summed E-state index contributed by atoms with van der Waals surface area (Å²) < 4.78 is 16.9. The summed E-state index contributed by atoms with van der Waals surface area (Å²) in [5.74, 6) is 0.480. The molecule has 156 valence electrons. The molecule has 0 heterocycles. The van der Waals surface area contributed by atoms with Gasteiger partial charge in [-0.05, 0) is 38.5 Å². The van der Waals surface area contributed by atoms with Crippen LogP contribution in [0.1, 0.15) is 36.7 Å². The summed E-state index contributed by atoms with van der Waals surface area (Å²) in [6.45, 7) is 7.17. The van der Waals surface area contributed by atoms with E-state index in [9.17, 15) is 9.59 Å². The highest BCUT2D eigenvalue weighted by Gasteiger charge is 2.16. The Morgan fingerprint density at radius 2 is 1.45 bits per heavy atom. The first-order valence-electron chi connectivity index (χ1n) is 9.41. The van der Waals surface area contributed by atoms with E-state index in [2.05, 4.69) is 10.6 Å². The number of ether oxygens (including phenoxy) is 3. The number of carbonyl (C=O) groups excluding carboxylic acids is 1. The Balaban J connectivity index is 2.08. The average molecular weight is 402 g/mol. The van der Waals surface area contributed by atoms with Crippen LogP contribution in [0, 0.1) is 0 Å². The van der Waals surface area contributed by atoms with Crippen LogP contribution in [0.3, 0.4) is 0 Å². The van der Waals surface area contributed by atoms with Crippen LogP contribution in [0.4, 0.5) is 10.5 Å². The lowest BCUT2D eigenvalue weighted by Gasteiger charge is -2.17. The molecule has 0 bridgehead atoms. The fourth-order valence-corrected chi connectivity index (χ4v) is 2.58. The predicted molar refractivity (Wildman–Crippen MR) is 109 cm³/mol. The average Bonchev–Trinajstić information content (AvgIpc) is 2.69. The molecule has 0 fully saturated rings. The summed E-state index contributed by atoms with van der Waals surface area (Å²) in [4.78, 5) is 23.2. The van der Waals surface area contributed by atoms with Gasteiger partial charge >= 0.3 is 12.0 Å². The van der Waals surface area contributed by atoms with Gasteiger partial charge in [-0.25, -0.2) is 9.59 Å². The van der Waals surface area contributed by atoms with E-state index in [1.807, 2.05) is 20.8 Å². The van der Waals surface area contributed by atoms with Crippen LogP contribution in [0.15, 0.2) is 36.4 Å². The summed E-state index contributed by atoms with van der Waals surface area (Å²) >= 11 is 0. The predicted octanol–water partition coefficient (Wildman–Crippen LogP) is 3.90. The van der Waals surface area contributed by atoms with Crippen LogP contribution in [-0.4, -0.2) is 36.9 Å². The standard InChI is InChI=1S/C21H26N2O6/c1-4-27-17-11-16(12-18(28-5-2)19(17)29-6-3)23-21(26)22-13-14-7-9-15(10-8-14)20(24)25/h7-12H,4-6,13H2,1-3H3,(H,24,25)(H2,22,23,26). The number of rotatable bonds is 10. The molecular weight excluding hydrogens is 376 g/mol. The molecule has 0 saturated carbocycles. The zero-order valence-corrected chi connectivity index (χ0v) is 16.8. The molecule has 0 saturated heterocycles. The Bertz CT molecular complexity index is 809. The summed E-state index contributed by atoms with van der Waals surface area (Å²) in [7, 11) is 0. The second-order valence-electron chi connectivity index (χ2n) is 5.91. The minimum Gasteiger partial charge on any atom is -0.490 e. The van der Waals surface area contributed by atoms with Crippen LogP contribution in [0.5, 0.6) is 17.2 Å². The van der Waals surface area contributed by atoms with E-state index in [-0.39, 0.29) is 12.1 Å². The van der Waals surface area contributed by atoms with Gasteiger partial charge in [-0.15, -0.1) is 0 Å². The van der Waals surface area contributed by atoms with Crippen LogP contribution in [-0.2, 0) is 6.54 Å². The van der Waals surface area contributed by atoms with E-state index in [4.69, 9.17) is 19.3 Å². The third-order valence-corrected chi connectivity index (χ3v) is 3.82. The van der Waals surface area contributed by atoms with E-state index >= 15 is 0 Å². The summed E-state index contributed by atoms with van der Waals surface area (Å²) in [6, 6.07) is 9.23. The van der Waals surface area contributed by atoms with E-state index in [1.165, 1.54) is 12.1 Å². The number of amides is 2. The fraction of sp³-hybridized carbons (Fsp3) is 0.333. The number of carbonyl (C=O) groups is 2. The molecule has 2 aromatic carbocycles. The maximum Gasteiger partial charge on any atom is 0.335 e. The molecule has 0 spiro atoms. The molecule has 8 nitrogen and oxygen atoms in total. The Morgan fingerprint density at radius 1 is 0.897 bits per heavy atom. The van der Waals surface area contributed by atoms with Gasteiger partial charge in [0.1, 0.15) is 0 Å². The maximum absolute atomic E-state index is 12.3. The van der Waals surface area contributed by atoms with Gasteiger partial charge in [-0.3, -0.25) is 0 Å². The zero-order chi connectivity index (χ0) is 21.2. The lowest BCUT2D eigenvalue weighted by molar-refractivity contribution is 0.0697. The second kappa shape index (κ2) is 10.8. The molecule has 2 rings (SSSR count). The maximum atomic E-state index is 12.3. The molecule has 0 unspecified atom stereocenters. The van der Waals surface area contributed by atoms with Gasteiger partial charge in [0.25, 0.3) is 0 Å². The van der Waals surface area contributed by atoms with Gasteiger partial charge in [0.15, 0.2) is 11.5 Å².